The highest BCUT2D eigenvalue weighted by Gasteiger charge is 2.45. The zero-order valence-electron chi connectivity index (χ0n) is 28.1. The Kier molecular flexibility index (Phi) is 7.68. The number of nitrogens with one attached hydrogen (secondary N) is 2. The third-order valence-electron chi connectivity index (χ3n) is 10.3. The van der Waals surface area contributed by atoms with E-state index in [9.17, 15) is 22.8 Å². The highest BCUT2D eigenvalue weighted by Crippen LogP contribution is 2.51. The summed E-state index contributed by atoms with van der Waals surface area (Å²) in [6, 6.07) is 10.9. The smallest absolute Gasteiger partial charge is 0.434 e. The molecule has 1 aliphatic carbocycles. The third kappa shape index (κ3) is 5.18. The zero-order chi connectivity index (χ0) is 35.8. The van der Waals surface area contributed by atoms with E-state index in [4.69, 9.17) is 19.1 Å². The van der Waals surface area contributed by atoms with Crippen LogP contribution in [-0.4, -0.2) is 44.6 Å². The lowest BCUT2D eigenvalue weighted by molar-refractivity contribution is 0.0776. The fourth-order valence-corrected chi connectivity index (χ4v) is 9.21. The van der Waals surface area contributed by atoms with Gasteiger partial charge in [0.25, 0.3) is 11.8 Å². The van der Waals surface area contributed by atoms with Gasteiger partial charge in [0.2, 0.25) is 5.82 Å². The Labute approximate surface area is 298 Å². The van der Waals surface area contributed by atoms with Crippen molar-refractivity contribution >= 4 is 33.1 Å². The first-order chi connectivity index (χ1) is 25.2. The Bertz CT molecular complexity index is 2490. The van der Waals surface area contributed by atoms with E-state index in [1.807, 2.05) is 24.0 Å². The molecule has 0 bridgehead atoms. The second kappa shape index (κ2) is 12.3. The number of H-pyrrole nitrogens is 1. The van der Waals surface area contributed by atoms with Gasteiger partial charge < -0.3 is 19.4 Å². The molecule has 6 aromatic rings. The Balaban J connectivity index is 1.21. The van der Waals surface area contributed by atoms with Crippen molar-refractivity contribution in [1.29, 1.82) is 0 Å². The molecule has 2 unspecified atom stereocenters. The molecular formula is C38H31F3N6O4S. The number of halogens is 3. The minimum atomic E-state index is -0.999. The lowest BCUT2D eigenvalue weighted by Crippen LogP contribution is -2.22. The van der Waals surface area contributed by atoms with Gasteiger partial charge in [0.05, 0.1) is 46.4 Å². The summed E-state index contributed by atoms with van der Waals surface area (Å²) in [7, 11) is 1.33. The number of hydrogen-bond donors (Lipinski definition) is 2. The minimum Gasteiger partial charge on any atom is -0.493 e. The monoisotopic (exact) mass is 724 g/mol. The number of pyridine rings is 2. The standard InChI is InChI=1S/C38H31F3N6O4S/c1-17-14-19-15-27(52-34(19)35(42-17)44-24-12-10-21-22(24)16-23(40)31(41)33(21)50-2)29-28(36-45-46-38(49)51-36)25(11-7-18-5-8-20(39)9-6-18)43-32-26-4-3-13-47(26)37(48)30(29)32/h5-6,8-9,14-16,24,26H,3-4,7,10-13H2,1-2H3,(H,42,44)(H,46,49). The van der Waals surface area contributed by atoms with Gasteiger partial charge >= 0.3 is 5.76 Å². The summed E-state index contributed by atoms with van der Waals surface area (Å²) < 4.78 is 54.6. The zero-order valence-corrected chi connectivity index (χ0v) is 28.9. The number of ether oxygens (including phenoxy) is 1. The number of carbonyl (C=O) groups is 1. The fraction of sp³-hybridized carbons (Fsp3) is 0.289. The largest absolute Gasteiger partial charge is 0.493 e. The lowest BCUT2D eigenvalue weighted by Gasteiger charge is -2.17. The lowest BCUT2D eigenvalue weighted by atomic mass is 9.93. The van der Waals surface area contributed by atoms with E-state index in [1.54, 1.807) is 12.1 Å². The van der Waals surface area contributed by atoms with Crippen LogP contribution in [0.4, 0.5) is 19.0 Å². The Morgan fingerprint density at radius 2 is 1.87 bits per heavy atom. The summed E-state index contributed by atoms with van der Waals surface area (Å²) in [6.07, 6.45) is 3.63. The van der Waals surface area contributed by atoms with Gasteiger partial charge in [0.15, 0.2) is 11.6 Å². The van der Waals surface area contributed by atoms with E-state index in [-0.39, 0.29) is 35.4 Å². The Morgan fingerprint density at radius 3 is 2.63 bits per heavy atom. The van der Waals surface area contributed by atoms with Crippen molar-refractivity contribution in [2.45, 2.75) is 57.5 Å². The van der Waals surface area contributed by atoms with Crippen LogP contribution in [0.2, 0.25) is 0 Å². The first-order valence-electron chi connectivity index (χ1n) is 17.1. The molecule has 2 aliphatic heterocycles. The second-order valence-corrected chi connectivity index (χ2v) is 14.5. The summed E-state index contributed by atoms with van der Waals surface area (Å²) in [5.41, 5.74) is 5.62. The molecule has 2 atom stereocenters. The van der Waals surface area contributed by atoms with Gasteiger partial charge in [-0.15, -0.1) is 16.4 Å². The maximum Gasteiger partial charge on any atom is 0.434 e. The van der Waals surface area contributed by atoms with Crippen molar-refractivity contribution in [1.82, 2.24) is 25.1 Å². The van der Waals surface area contributed by atoms with Crippen LogP contribution in [0.25, 0.3) is 32.0 Å². The molecular weight excluding hydrogens is 694 g/mol. The van der Waals surface area contributed by atoms with Crippen LogP contribution in [0.1, 0.15) is 75.5 Å². The van der Waals surface area contributed by atoms with Gasteiger partial charge in [-0.25, -0.2) is 23.7 Å². The summed E-state index contributed by atoms with van der Waals surface area (Å²) in [5, 5.41) is 10.9. The van der Waals surface area contributed by atoms with Crippen molar-refractivity contribution in [3.8, 4) is 27.6 Å². The van der Waals surface area contributed by atoms with E-state index in [0.717, 1.165) is 39.1 Å². The SMILES string of the molecule is COc1c(F)c(F)cc2c1CCC2Nc1nc(C)cc2cc(-c3c4c(nc(CCc5ccc(F)cc5)c3-c3n[nH]c(=O)o3)C3CCCN3C4=O)sc12. The average molecular weight is 725 g/mol. The highest BCUT2D eigenvalue weighted by molar-refractivity contribution is 7.23. The second-order valence-electron chi connectivity index (χ2n) is 13.4. The number of benzene rings is 2. The number of hydrogen-bond acceptors (Lipinski definition) is 9. The molecule has 4 aromatic heterocycles. The van der Waals surface area contributed by atoms with Crippen molar-refractivity contribution in [2.24, 2.45) is 0 Å². The summed E-state index contributed by atoms with van der Waals surface area (Å²) in [4.78, 5) is 39.1. The molecule has 2 aromatic carbocycles. The molecule has 264 valence electrons. The minimum absolute atomic E-state index is 0.0140. The number of aryl methyl sites for hydroxylation is 3. The molecule has 1 amide bonds. The fourth-order valence-electron chi connectivity index (χ4n) is 8.06. The van der Waals surface area contributed by atoms with E-state index < -0.39 is 17.4 Å². The molecule has 0 saturated carbocycles. The number of carbonyl (C=O) groups excluding carboxylic acids is 1. The molecule has 1 saturated heterocycles. The number of aromatic nitrogens is 4. The Hall–Kier alpha value is -5.50. The third-order valence-corrected chi connectivity index (χ3v) is 11.5. The summed E-state index contributed by atoms with van der Waals surface area (Å²) >= 11 is 1.42. The van der Waals surface area contributed by atoms with Crippen molar-refractivity contribution in [3.63, 3.8) is 0 Å². The number of methoxy groups -OCH3 is 1. The molecule has 2 N–H and O–H groups in total. The maximum absolute atomic E-state index is 14.7. The predicted molar refractivity (Wildman–Crippen MR) is 188 cm³/mol. The summed E-state index contributed by atoms with van der Waals surface area (Å²) in [6.45, 7) is 2.49. The van der Waals surface area contributed by atoms with Crippen LogP contribution in [0.15, 0.2) is 51.7 Å². The molecule has 6 heterocycles. The van der Waals surface area contributed by atoms with E-state index >= 15 is 0 Å². The van der Waals surface area contributed by atoms with Crippen molar-refractivity contribution in [3.05, 3.63) is 110 Å². The van der Waals surface area contributed by atoms with Crippen molar-refractivity contribution in [2.75, 3.05) is 19.0 Å². The van der Waals surface area contributed by atoms with Crippen LogP contribution in [0, 0.1) is 24.4 Å². The van der Waals surface area contributed by atoms with Gasteiger partial charge in [-0.05, 0) is 92.3 Å². The van der Waals surface area contributed by atoms with Gasteiger partial charge in [0, 0.05) is 28.2 Å². The van der Waals surface area contributed by atoms with E-state index in [1.165, 1.54) is 36.6 Å². The topological polar surface area (TPSA) is 126 Å². The first kappa shape index (κ1) is 32.4. The molecule has 1 fully saturated rings. The van der Waals surface area contributed by atoms with E-state index in [2.05, 4.69) is 15.5 Å². The molecule has 0 radical (unpaired) electrons. The number of fused-ring (bicyclic) bond motifs is 5. The van der Waals surface area contributed by atoms with Crippen LogP contribution in [0.5, 0.6) is 5.75 Å². The molecule has 10 nitrogen and oxygen atoms in total. The predicted octanol–water partition coefficient (Wildman–Crippen LogP) is 7.61. The van der Waals surface area contributed by atoms with Crippen LogP contribution < -0.4 is 15.8 Å². The van der Waals surface area contributed by atoms with Gasteiger partial charge in [0.1, 0.15) is 11.6 Å². The highest BCUT2D eigenvalue weighted by atomic mass is 32.1. The van der Waals surface area contributed by atoms with Gasteiger partial charge in [-0.1, -0.05) is 12.1 Å². The molecule has 3 aliphatic rings. The van der Waals surface area contributed by atoms with E-state index in [0.29, 0.717) is 77.3 Å². The number of rotatable bonds is 8. The number of anilines is 1. The number of nitrogens with zero attached hydrogens (tertiary/aromatic N) is 4. The molecule has 0 spiro atoms. The quantitative estimate of drug-likeness (QED) is 0.164. The summed E-state index contributed by atoms with van der Waals surface area (Å²) in [5.74, 6) is -2.69. The van der Waals surface area contributed by atoms with Crippen LogP contribution in [0.3, 0.4) is 0 Å². The van der Waals surface area contributed by atoms with Crippen LogP contribution >= 0.6 is 11.3 Å². The number of amides is 1. The molecule has 14 heteroatoms. The normalized spacial score (nSPS) is 17.6. The van der Waals surface area contributed by atoms with Crippen LogP contribution in [-0.2, 0) is 19.3 Å². The molecule has 52 heavy (non-hydrogen) atoms. The van der Waals surface area contributed by atoms with Gasteiger partial charge in [-0.3, -0.25) is 9.78 Å². The number of aromatic amines is 1. The first-order valence-corrected chi connectivity index (χ1v) is 17.9. The Morgan fingerprint density at radius 1 is 1.04 bits per heavy atom. The van der Waals surface area contributed by atoms with Crippen molar-refractivity contribution < 1.29 is 27.1 Å². The van der Waals surface area contributed by atoms with Gasteiger partial charge in [-0.2, -0.15) is 4.39 Å². The average Bonchev–Trinajstić information content (AvgIpc) is 3.97. The maximum atomic E-state index is 14.7. The molecule has 9 rings (SSSR count). The number of thiophene rings is 1.